The Bertz CT molecular complexity index is 635. The molecule has 1 aromatic rings. The van der Waals surface area contributed by atoms with E-state index in [9.17, 15) is 9.59 Å². The molecule has 4 nitrogen and oxygen atoms in total. The summed E-state index contributed by atoms with van der Waals surface area (Å²) in [5.74, 6) is 0.195. The van der Waals surface area contributed by atoms with Crippen LogP contribution in [-0.4, -0.2) is 35.8 Å². The number of carbonyl (C=O) groups is 2. The Morgan fingerprint density at radius 1 is 1.33 bits per heavy atom. The van der Waals surface area contributed by atoms with Gasteiger partial charge in [-0.15, -0.1) is 11.3 Å². The summed E-state index contributed by atoms with van der Waals surface area (Å²) in [6, 6.07) is 2.03. The number of ketones is 1. The van der Waals surface area contributed by atoms with E-state index in [1.54, 1.807) is 21.4 Å². The van der Waals surface area contributed by atoms with Crippen LogP contribution in [-0.2, 0) is 9.59 Å². The highest BCUT2D eigenvalue weighted by molar-refractivity contribution is 9.10. The van der Waals surface area contributed by atoms with Crippen molar-refractivity contribution in [3.05, 3.63) is 32.1 Å². The number of hydrogen-bond acceptors (Lipinski definition) is 4. The predicted octanol–water partition coefficient (Wildman–Crippen LogP) is 3.31. The van der Waals surface area contributed by atoms with Gasteiger partial charge in [-0.3, -0.25) is 9.59 Å². The number of rotatable bonds is 2. The zero-order valence-electron chi connectivity index (χ0n) is 12.1. The molecule has 0 bridgehead atoms. The first-order valence-corrected chi connectivity index (χ1v) is 8.66. The normalized spacial score (nSPS) is 23.0. The van der Waals surface area contributed by atoms with E-state index >= 15 is 0 Å². The Kier molecular flexibility index (Phi) is 4.03. The van der Waals surface area contributed by atoms with Crippen LogP contribution in [0.25, 0.3) is 0 Å². The molecule has 0 aromatic carbocycles. The molecule has 112 valence electrons. The maximum atomic E-state index is 12.5. The zero-order valence-corrected chi connectivity index (χ0v) is 14.5. The fourth-order valence-corrected chi connectivity index (χ4v) is 4.75. The van der Waals surface area contributed by atoms with Gasteiger partial charge in [0.2, 0.25) is 5.91 Å². The van der Waals surface area contributed by atoms with E-state index in [2.05, 4.69) is 15.9 Å². The maximum absolute atomic E-state index is 12.5. The van der Waals surface area contributed by atoms with Gasteiger partial charge in [-0.2, -0.15) is 0 Å². The van der Waals surface area contributed by atoms with E-state index in [1.165, 1.54) is 0 Å². The number of thiophene rings is 1. The van der Waals surface area contributed by atoms with Gasteiger partial charge in [0, 0.05) is 58.9 Å². The Morgan fingerprint density at radius 2 is 2.10 bits per heavy atom. The maximum Gasteiger partial charge on any atom is 0.242 e. The molecule has 6 heteroatoms. The lowest BCUT2D eigenvalue weighted by atomic mass is 9.80. The number of hydrogen-bond donors (Lipinski definition) is 0. The van der Waals surface area contributed by atoms with Crippen molar-refractivity contribution >= 4 is 39.0 Å². The van der Waals surface area contributed by atoms with E-state index in [0.29, 0.717) is 12.8 Å². The van der Waals surface area contributed by atoms with E-state index in [-0.39, 0.29) is 17.6 Å². The van der Waals surface area contributed by atoms with Crippen LogP contribution in [0.1, 0.15) is 36.5 Å². The van der Waals surface area contributed by atoms with Crippen LogP contribution in [0.2, 0.25) is 0 Å². The monoisotopic (exact) mass is 368 g/mol. The van der Waals surface area contributed by atoms with Gasteiger partial charge in [0.15, 0.2) is 5.78 Å². The fraction of sp³-hybridized carbons (Fsp3) is 0.467. The average molecular weight is 369 g/mol. The second-order valence-electron chi connectivity index (χ2n) is 5.61. The SMILES string of the molecule is CN(C)N1C(=O)CC(c2cc(Br)cs2)C2=C1CCCC2=O. The molecular weight excluding hydrogens is 352 g/mol. The molecule has 1 amide bonds. The van der Waals surface area contributed by atoms with Crippen molar-refractivity contribution in [2.24, 2.45) is 0 Å². The van der Waals surface area contributed by atoms with Gasteiger partial charge in [0.05, 0.1) is 0 Å². The van der Waals surface area contributed by atoms with Crippen LogP contribution in [0, 0.1) is 0 Å². The summed E-state index contributed by atoms with van der Waals surface area (Å²) in [5.41, 5.74) is 1.76. The van der Waals surface area contributed by atoms with Crippen LogP contribution in [0.4, 0.5) is 0 Å². The van der Waals surface area contributed by atoms with Gasteiger partial charge in [-0.1, -0.05) is 0 Å². The Balaban J connectivity index is 2.12. The molecule has 1 aliphatic carbocycles. The molecule has 2 aliphatic rings. The molecule has 21 heavy (non-hydrogen) atoms. The number of nitrogens with zero attached hydrogens (tertiary/aromatic N) is 2. The topological polar surface area (TPSA) is 40.6 Å². The molecule has 1 aromatic heterocycles. The molecule has 1 unspecified atom stereocenters. The lowest BCUT2D eigenvalue weighted by Gasteiger charge is -2.40. The Labute approximate surface area is 136 Å². The predicted molar refractivity (Wildman–Crippen MR) is 85.8 cm³/mol. The van der Waals surface area contributed by atoms with Gasteiger partial charge in [-0.05, 0) is 34.8 Å². The van der Waals surface area contributed by atoms with Crippen molar-refractivity contribution in [2.75, 3.05) is 14.1 Å². The average Bonchev–Trinajstić information content (AvgIpc) is 2.84. The number of amides is 1. The summed E-state index contributed by atoms with van der Waals surface area (Å²) in [5, 5.41) is 5.48. The first-order valence-electron chi connectivity index (χ1n) is 6.99. The van der Waals surface area contributed by atoms with Crippen molar-refractivity contribution in [1.82, 2.24) is 10.0 Å². The molecule has 0 spiro atoms. The molecule has 1 atom stereocenters. The van der Waals surface area contributed by atoms with Crippen LogP contribution < -0.4 is 0 Å². The molecule has 3 rings (SSSR count). The minimum atomic E-state index is -0.0761. The number of hydrazine groups is 1. The Morgan fingerprint density at radius 3 is 2.71 bits per heavy atom. The first-order chi connectivity index (χ1) is 9.99. The zero-order chi connectivity index (χ0) is 15.1. The molecular formula is C15H17BrN2O2S. The molecule has 0 fully saturated rings. The lowest BCUT2D eigenvalue weighted by Crippen LogP contribution is -2.47. The van der Waals surface area contributed by atoms with Gasteiger partial charge >= 0.3 is 0 Å². The summed E-state index contributed by atoms with van der Waals surface area (Å²) in [6.07, 6.45) is 2.59. The van der Waals surface area contributed by atoms with E-state index in [1.807, 2.05) is 25.5 Å². The molecule has 0 saturated carbocycles. The number of Topliss-reactive ketones (excluding diaryl/α,β-unsaturated/α-hetero) is 1. The molecule has 0 saturated heterocycles. The van der Waals surface area contributed by atoms with E-state index in [4.69, 9.17) is 0 Å². The third kappa shape index (κ3) is 2.60. The number of halogens is 1. The second-order valence-corrected chi connectivity index (χ2v) is 7.47. The van der Waals surface area contributed by atoms with E-state index < -0.39 is 0 Å². The number of allylic oxidation sites excluding steroid dienone is 2. The van der Waals surface area contributed by atoms with Crippen molar-refractivity contribution in [3.8, 4) is 0 Å². The summed E-state index contributed by atoms with van der Waals surface area (Å²) in [7, 11) is 3.70. The van der Waals surface area contributed by atoms with Crippen molar-refractivity contribution in [3.63, 3.8) is 0 Å². The number of carbonyl (C=O) groups excluding carboxylic acids is 2. The van der Waals surface area contributed by atoms with Crippen molar-refractivity contribution in [1.29, 1.82) is 0 Å². The van der Waals surface area contributed by atoms with Gasteiger partial charge in [0.25, 0.3) is 0 Å². The lowest BCUT2D eigenvalue weighted by molar-refractivity contribution is -0.143. The largest absolute Gasteiger partial charge is 0.294 e. The highest BCUT2D eigenvalue weighted by atomic mass is 79.9. The van der Waals surface area contributed by atoms with Crippen LogP contribution in [0.5, 0.6) is 0 Å². The summed E-state index contributed by atoms with van der Waals surface area (Å²) < 4.78 is 1.01. The highest BCUT2D eigenvalue weighted by Gasteiger charge is 2.40. The van der Waals surface area contributed by atoms with Crippen LogP contribution >= 0.6 is 27.3 Å². The second kappa shape index (κ2) is 5.66. The summed E-state index contributed by atoms with van der Waals surface area (Å²) >= 11 is 5.07. The van der Waals surface area contributed by atoms with Crippen LogP contribution in [0.3, 0.4) is 0 Å². The smallest absolute Gasteiger partial charge is 0.242 e. The van der Waals surface area contributed by atoms with Crippen molar-refractivity contribution in [2.45, 2.75) is 31.6 Å². The quantitative estimate of drug-likeness (QED) is 0.803. The minimum Gasteiger partial charge on any atom is -0.294 e. The first kappa shape index (κ1) is 14.9. The molecule has 0 radical (unpaired) electrons. The summed E-state index contributed by atoms with van der Waals surface area (Å²) in [4.78, 5) is 26.1. The minimum absolute atomic E-state index is 0.0722. The van der Waals surface area contributed by atoms with Gasteiger partial charge < -0.3 is 0 Å². The van der Waals surface area contributed by atoms with Crippen LogP contribution in [0.15, 0.2) is 27.2 Å². The fourth-order valence-electron chi connectivity index (χ4n) is 3.19. The third-order valence-electron chi connectivity index (χ3n) is 3.98. The van der Waals surface area contributed by atoms with E-state index in [0.717, 1.165) is 33.5 Å². The highest BCUT2D eigenvalue weighted by Crippen LogP contribution is 2.43. The molecule has 1 aliphatic heterocycles. The van der Waals surface area contributed by atoms with Gasteiger partial charge in [0.1, 0.15) is 0 Å². The third-order valence-corrected chi connectivity index (χ3v) is 5.79. The standard InChI is InChI=1S/C15H17BrN2O2S/c1-17(2)18-11-4-3-5-12(19)15(11)10(7-14(18)20)13-6-9(16)8-21-13/h6,8,10H,3-5,7H2,1-2H3. The molecule has 2 heterocycles. The summed E-state index contributed by atoms with van der Waals surface area (Å²) in [6.45, 7) is 0. The molecule has 0 N–H and O–H groups in total. The Hall–Kier alpha value is -0.980. The van der Waals surface area contributed by atoms with Gasteiger partial charge in [-0.25, -0.2) is 10.0 Å². The van der Waals surface area contributed by atoms with Crippen molar-refractivity contribution < 1.29 is 9.59 Å².